The minimum Gasteiger partial charge on any atom is -0.350 e. The van der Waals surface area contributed by atoms with Gasteiger partial charge in [0.05, 0.1) is 11.1 Å². The topological polar surface area (TPSA) is 84.3 Å². The van der Waals surface area contributed by atoms with E-state index in [4.69, 9.17) is 0 Å². The molecule has 0 spiro atoms. The zero-order valence-electron chi connectivity index (χ0n) is 18.3. The van der Waals surface area contributed by atoms with E-state index in [1.54, 1.807) is 18.1 Å². The smallest absolute Gasteiger partial charge is 0.255 e. The van der Waals surface area contributed by atoms with Gasteiger partial charge in [-0.15, -0.1) is 0 Å². The van der Waals surface area contributed by atoms with Crippen molar-refractivity contribution in [2.45, 2.75) is 19.6 Å². The molecule has 7 heteroatoms. The van der Waals surface area contributed by atoms with Gasteiger partial charge in [0, 0.05) is 44.0 Å². The Balaban J connectivity index is 1.42. The van der Waals surface area contributed by atoms with Crippen molar-refractivity contribution < 1.29 is 9.59 Å². The fourth-order valence-electron chi connectivity index (χ4n) is 3.58. The first-order valence-corrected chi connectivity index (χ1v) is 10.6. The molecule has 0 saturated heterocycles. The molecule has 0 aliphatic carbocycles. The molecule has 4 aromatic rings. The molecule has 0 aliphatic rings. The minimum absolute atomic E-state index is 0.159. The Bertz CT molecular complexity index is 1350. The highest BCUT2D eigenvalue weighted by Crippen LogP contribution is 2.15. The van der Waals surface area contributed by atoms with Crippen molar-refractivity contribution in [3.8, 4) is 0 Å². The van der Waals surface area contributed by atoms with E-state index in [-0.39, 0.29) is 23.9 Å². The van der Waals surface area contributed by atoms with E-state index in [9.17, 15) is 14.4 Å². The van der Waals surface area contributed by atoms with Gasteiger partial charge in [-0.1, -0.05) is 42.5 Å². The normalized spacial score (nSPS) is 10.7. The molecule has 4 rings (SSSR count). The molecule has 2 heterocycles. The molecule has 0 atom stereocenters. The first-order valence-electron chi connectivity index (χ1n) is 10.6. The van der Waals surface area contributed by atoms with Crippen LogP contribution >= 0.6 is 0 Å². The molecule has 1 N–H and O–H groups in total. The van der Waals surface area contributed by atoms with Crippen LogP contribution < -0.4 is 10.9 Å². The summed E-state index contributed by atoms with van der Waals surface area (Å²) < 4.78 is 1.25. The van der Waals surface area contributed by atoms with Gasteiger partial charge in [-0.25, -0.2) is 0 Å². The minimum atomic E-state index is -0.342. The highest BCUT2D eigenvalue weighted by molar-refractivity contribution is 5.93. The molecule has 166 valence electrons. The lowest BCUT2D eigenvalue weighted by Gasteiger charge is -2.18. The Kier molecular flexibility index (Phi) is 6.59. The first kappa shape index (κ1) is 22.0. The Hall–Kier alpha value is -4.26. The number of rotatable bonds is 7. The second-order valence-electron chi connectivity index (χ2n) is 7.84. The van der Waals surface area contributed by atoms with Crippen LogP contribution in [0.2, 0.25) is 0 Å². The van der Waals surface area contributed by atoms with Gasteiger partial charge in [-0.2, -0.15) is 0 Å². The molecule has 0 fully saturated rings. The molecule has 0 radical (unpaired) electrons. The van der Waals surface area contributed by atoms with Gasteiger partial charge in [-0.3, -0.25) is 19.4 Å². The van der Waals surface area contributed by atoms with E-state index in [1.165, 1.54) is 22.9 Å². The summed E-state index contributed by atoms with van der Waals surface area (Å²) in [5.74, 6) is -0.539. The number of benzene rings is 2. The Morgan fingerprint density at radius 1 is 0.970 bits per heavy atom. The molecular formula is C26H24N4O3. The van der Waals surface area contributed by atoms with E-state index < -0.39 is 0 Å². The van der Waals surface area contributed by atoms with Gasteiger partial charge < -0.3 is 14.8 Å². The average Bonchev–Trinajstić information content (AvgIpc) is 2.84. The van der Waals surface area contributed by atoms with Crippen molar-refractivity contribution in [1.29, 1.82) is 0 Å². The Labute approximate surface area is 191 Å². The summed E-state index contributed by atoms with van der Waals surface area (Å²) in [6.45, 7) is 0.617. The number of hydrogen-bond donors (Lipinski definition) is 1. The van der Waals surface area contributed by atoms with Crippen molar-refractivity contribution in [1.82, 2.24) is 19.8 Å². The van der Waals surface area contributed by atoms with Crippen LogP contribution in [0.25, 0.3) is 10.9 Å². The van der Waals surface area contributed by atoms with Crippen molar-refractivity contribution in [2.24, 2.45) is 0 Å². The lowest BCUT2D eigenvalue weighted by atomic mass is 10.1. The molecule has 7 nitrogen and oxygen atoms in total. The van der Waals surface area contributed by atoms with Gasteiger partial charge in [0.25, 0.3) is 11.5 Å². The number of amides is 2. The third kappa shape index (κ3) is 5.51. The number of carbonyl (C=O) groups is 2. The molecule has 2 aromatic carbocycles. The summed E-state index contributed by atoms with van der Waals surface area (Å²) in [5.41, 5.74) is 2.84. The summed E-state index contributed by atoms with van der Waals surface area (Å²) in [6, 6.07) is 22.0. The molecule has 2 aromatic heterocycles. The molecule has 0 bridgehead atoms. The van der Waals surface area contributed by atoms with Gasteiger partial charge in [0.2, 0.25) is 5.91 Å². The maximum atomic E-state index is 13.0. The zero-order chi connectivity index (χ0) is 23.2. The largest absolute Gasteiger partial charge is 0.350 e. The van der Waals surface area contributed by atoms with E-state index in [1.807, 2.05) is 60.7 Å². The van der Waals surface area contributed by atoms with E-state index in [2.05, 4.69) is 10.3 Å². The van der Waals surface area contributed by atoms with Crippen LogP contribution in [0.3, 0.4) is 0 Å². The Morgan fingerprint density at radius 3 is 2.61 bits per heavy atom. The van der Waals surface area contributed by atoms with Crippen molar-refractivity contribution >= 4 is 22.7 Å². The van der Waals surface area contributed by atoms with Gasteiger partial charge >= 0.3 is 0 Å². The van der Waals surface area contributed by atoms with E-state index >= 15 is 0 Å². The summed E-state index contributed by atoms with van der Waals surface area (Å²) in [5, 5.41) is 3.80. The van der Waals surface area contributed by atoms with Crippen molar-refractivity contribution in [3.05, 3.63) is 112 Å². The predicted octanol–water partition coefficient (Wildman–Crippen LogP) is 2.99. The predicted molar refractivity (Wildman–Crippen MR) is 127 cm³/mol. The van der Waals surface area contributed by atoms with Crippen LogP contribution in [-0.4, -0.2) is 33.3 Å². The fraction of sp³-hybridized carbons (Fsp3) is 0.154. The summed E-state index contributed by atoms with van der Waals surface area (Å²) >= 11 is 0. The maximum Gasteiger partial charge on any atom is 0.255 e. The van der Waals surface area contributed by atoms with E-state index in [0.717, 1.165) is 22.0 Å². The quantitative estimate of drug-likeness (QED) is 0.479. The summed E-state index contributed by atoms with van der Waals surface area (Å²) in [6.07, 6.45) is 3.18. The van der Waals surface area contributed by atoms with Crippen LogP contribution in [-0.2, 0) is 24.4 Å². The maximum absolute atomic E-state index is 13.0. The number of hydrogen-bond acceptors (Lipinski definition) is 4. The van der Waals surface area contributed by atoms with Crippen molar-refractivity contribution in [2.75, 3.05) is 7.05 Å². The standard InChI is InChI=1S/C26H24N4O3/c1-29(16-20-9-11-23-21(14-20)8-5-13-27-23)26(33)22-10-12-25(32)30(17-22)18-24(31)28-15-19-6-3-2-4-7-19/h2-14,17H,15-16,18H2,1H3,(H,28,31). The summed E-state index contributed by atoms with van der Waals surface area (Å²) in [4.78, 5) is 43.4. The highest BCUT2D eigenvalue weighted by atomic mass is 16.2. The lowest BCUT2D eigenvalue weighted by Crippen LogP contribution is -2.33. The van der Waals surface area contributed by atoms with Gasteiger partial charge in [-0.05, 0) is 35.4 Å². The first-order chi connectivity index (χ1) is 16.0. The number of pyridine rings is 2. The molecule has 0 aliphatic heterocycles. The zero-order valence-corrected chi connectivity index (χ0v) is 18.3. The van der Waals surface area contributed by atoms with Crippen LogP contribution in [0.15, 0.2) is 90.0 Å². The van der Waals surface area contributed by atoms with Gasteiger partial charge in [0.15, 0.2) is 0 Å². The monoisotopic (exact) mass is 440 g/mol. The average molecular weight is 441 g/mol. The van der Waals surface area contributed by atoms with Gasteiger partial charge in [0.1, 0.15) is 6.54 Å². The van der Waals surface area contributed by atoms with Crippen molar-refractivity contribution in [3.63, 3.8) is 0 Å². The third-order valence-corrected chi connectivity index (χ3v) is 5.31. The number of fused-ring (bicyclic) bond motifs is 1. The number of nitrogens with zero attached hydrogens (tertiary/aromatic N) is 3. The second-order valence-corrected chi connectivity index (χ2v) is 7.84. The van der Waals surface area contributed by atoms with E-state index in [0.29, 0.717) is 18.7 Å². The number of carbonyl (C=O) groups excluding carboxylic acids is 2. The Morgan fingerprint density at radius 2 is 1.79 bits per heavy atom. The van der Waals surface area contributed by atoms with Crippen LogP contribution in [0.4, 0.5) is 0 Å². The second kappa shape index (κ2) is 9.91. The fourth-order valence-corrected chi connectivity index (χ4v) is 3.58. The highest BCUT2D eigenvalue weighted by Gasteiger charge is 2.15. The molecule has 0 saturated carbocycles. The molecule has 2 amide bonds. The summed E-state index contributed by atoms with van der Waals surface area (Å²) in [7, 11) is 1.71. The molecular weight excluding hydrogens is 416 g/mol. The van der Waals surface area contributed by atoms with Crippen LogP contribution in [0, 0.1) is 0 Å². The number of aromatic nitrogens is 2. The van der Waals surface area contributed by atoms with Crippen LogP contribution in [0.5, 0.6) is 0 Å². The van der Waals surface area contributed by atoms with Crippen LogP contribution in [0.1, 0.15) is 21.5 Å². The SMILES string of the molecule is CN(Cc1ccc2ncccc2c1)C(=O)c1ccc(=O)n(CC(=O)NCc2ccccc2)c1. The third-order valence-electron chi connectivity index (χ3n) is 5.31. The lowest BCUT2D eigenvalue weighted by molar-refractivity contribution is -0.121. The molecule has 0 unspecified atom stereocenters. The molecule has 33 heavy (non-hydrogen) atoms. The number of nitrogens with one attached hydrogen (secondary N) is 1.